The van der Waals surface area contributed by atoms with E-state index in [1.54, 1.807) is 6.07 Å². The number of anilines is 1. The highest BCUT2D eigenvalue weighted by Gasteiger charge is 2.36. The van der Waals surface area contributed by atoms with Gasteiger partial charge in [0.15, 0.2) is 0 Å². The lowest BCUT2D eigenvalue weighted by atomic mass is 10.0. The Kier molecular flexibility index (Phi) is 7.23. The van der Waals surface area contributed by atoms with E-state index in [9.17, 15) is 22.4 Å². The van der Waals surface area contributed by atoms with Gasteiger partial charge in [-0.15, -0.1) is 11.8 Å². The molecular weight excluding hydrogens is 392 g/mol. The molecule has 0 spiro atoms. The average molecular weight is 412 g/mol. The van der Waals surface area contributed by atoms with Crippen LogP contribution in [-0.4, -0.2) is 31.1 Å². The minimum Gasteiger partial charge on any atom is -0.323 e. The van der Waals surface area contributed by atoms with Crippen LogP contribution in [-0.2, 0) is 4.79 Å². The van der Waals surface area contributed by atoms with Crippen LogP contribution in [0.3, 0.4) is 0 Å². The molecule has 1 unspecified atom stereocenters. The summed E-state index contributed by atoms with van der Waals surface area (Å²) in [6.07, 6.45) is -3.26. The molecule has 0 aliphatic heterocycles. The number of benzene rings is 2. The van der Waals surface area contributed by atoms with Crippen molar-refractivity contribution in [3.8, 4) is 11.1 Å². The Morgan fingerprint density at radius 3 is 2.46 bits per heavy atom. The third-order valence-electron chi connectivity index (χ3n) is 4.19. The number of thioether (sulfide) groups is 1. The van der Waals surface area contributed by atoms with Crippen molar-refractivity contribution < 1.29 is 22.4 Å². The first-order valence-corrected chi connectivity index (χ1v) is 9.66. The van der Waals surface area contributed by atoms with E-state index in [2.05, 4.69) is 10.3 Å². The summed E-state index contributed by atoms with van der Waals surface area (Å²) in [5, 5.41) is 2.36. The van der Waals surface area contributed by atoms with Gasteiger partial charge in [-0.05, 0) is 35.6 Å². The first-order chi connectivity index (χ1) is 13.2. The number of halogens is 4. The molecule has 3 nitrogen and oxygen atoms in total. The summed E-state index contributed by atoms with van der Waals surface area (Å²) in [5.41, 5.74) is 0.393. The lowest BCUT2D eigenvalue weighted by molar-refractivity contribution is -0.119. The highest BCUT2D eigenvalue weighted by atomic mass is 32.2. The van der Waals surface area contributed by atoms with E-state index in [0.717, 1.165) is 17.5 Å². The molecule has 0 saturated heterocycles. The minimum absolute atomic E-state index is 0.0794. The van der Waals surface area contributed by atoms with E-state index in [-0.39, 0.29) is 5.69 Å². The number of nitrogens with one attached hydrogen (secondary N) is 1. The molecule has 0 aromatic heterocycles. The zero-order valence-corrected chi connectivity index (χ0v) is 16.4. The summed E-state index contributed by atoms with van der Waals surface area (Å²) < 4.78 is 52.8. The summed E-state index contributed by atoms with van der Waals surface area (Å²) in [7, 11) is 1.03. The van der Waals surface area contributed by atoms with Gasteiger partial charge in [-0.2, -0.15) is 13.2 Å². The summed E-state index contributed by atoms with van der Waals surface area (Å²) >= 11 is 1.53. The first-order valence-electron chi connectivity index (χ1n) is 8.44. The standard InChI is InChI=1S/C20H20F4N2OS/c1-12(10-18(25-2)20(22,23)24)19(27)26-16-9-8-13(11-15(16)21)14-6-4-5-7-17(14)28-3/h4-9,11-12H,10H2,1-3H3,(H,26,27). The van der Waals surface area contributed by atoms with Crippen LogP contribution in [0.2, 0.25) is 0 Å². The number of carbonyl (C=O) groups excluding carboxylic acids is 1. The van der Waals surface area contributed by atoms with Crippen molar-refractivity contribution in [1.29, 1.82) is 0 Å². The Bertz CT molecular complexity index is 881. The predicted octanol–water partition coefficient (Wildman–Crippen LogP) is 5.81. The molecule has 0 heterocycles. The largest absolute Gasteiger partial charge is 0.429 e. The Morgan fingerprint density at radius 1 is 1.21 bits per heavy atom. The predicted molar refractivity (Wildman–Crippen MR) is 105 cm³/mol. The summed E-state index contributed by atoms with van der Waals surface area (Å²) in [4.78, 5) is 16.4. The molecule has 150 valence electrons. The molecule has 0 fully saturated rings. The van der Waals surface area contributed by atoms with Crippen LogP contribution in [0.1, 0.15) is 13.3 Å². The molecule has 1 amide bonds. The van der Waals surface area contributed by atoms with Gasteiger partial charge in [0.1, 0.15) is 11.5 Å². The zero-order valence-electron chi connectivity index (χ0n) is 15.6. The highest BCUT2D eigenvalue weighted by molar-refractivity contribution is 7.98. The van der Waals surface area contributed by atoms with Gasteiger partial charge >= 0.3 is 6.18 Å². The number of nitrogens with zero attached hydrogens (tertiary/aromatic N) is 1. The van der Waals surface area contributed by atoms with Crippen LogP contribution in [0.25, 0.3) is 11.1 Å². The molecule has 0 saturated carbocycles. The minimum atomic E-state index is -4.60. The van der Waals surface area contributed by atoms with Gasteiger partial charge < -0.3 is 5.32 Å². The van der Waals surface area contributed by atoms with Crippen LogP contribution in [0.5, 0.6) is 0 Å². The molecule has 28 heavy (non-hydrogen) atoms. The maximum atomic E-state index is 14.5. The third-order valence-corrected chi connectivity index (χ3v) is 4.99. The smallest absolute Gasteiger partial charge is 0.323 e. The van der Waals surface area contributed by atoms with Gasteiger partial charge in [-0.3, -0.25) is 9.79 Å². The van der Waals surface area contributed by atoms with E-state index in [4.69, 9.17) is 0 Å². The van der Waals surface area contributed by atoms with Gasteiger partial charge in [0.25, 0.3) is 0 Å². The molecular formula is C20H20F4N2OS. The van der Waals surface area contributed by atoms with Gasteiger partial charge in [0.2, 0.25) is 5.91 Å². The number of amides is 1. The Hall–Kier alpha value is -2.35. The maximum absolute atomic E-state index is 14.5. The molecule has 2 aromatic carbocycles. The fourth-order valence-electron chi connectivity index (χ4n) is 2.64. The molecule has 1 N–H and O–H groups in total. The first kappa shape index (κ1) is 21.9. The fourth-order valence-corrected chi connectivity index (χ4v) is 3.26. The van der Waals surface area contributed by atoms with Crippen molar-refractivity contribution in [3.05, 3.63) is 48.3 Å². The maximum Gasteiger partial charge on any atom is 0.429 e. The van der Waals surface area contributed by atoms with Crippen LogP contribution in [0.15, 0.2) is 52.4 Å². The van der Waals surface area contributed by atoms with Crippen molar-refractivity contribution in [2.45, 2.75) is 24.4 Å². The van der Waals surface area contributed by atoms with Crippen LogP contribution in [0, 0.1) is 11.7 Å². The van der Waals surface area contributed by atoms with Crippen molar-refractivity contribution in [2.24, 2.45) is 10.9 Å². The molecule has 0 aliphatic carbocycles. The topological polar surface area (TPSA) is 41.5 Å². The Balaban J connectivity index is 2.16. The number of alkyl halides is 3. The van der Waals surface area contributed by atoms with Crippen molar-refractivity contribution in [3.63, 3.8) is 0 Å². The number of carbonyl (C=O) groups is 1. The zero-order chi connectivity index (χ0) is 20.9. The second kappa shape index (κ2) is 9.23. The van der Waals surface area contributed by atoms with E-state index in [1.807, 2.05) is 30.5 Å². The van der Waals surface area contributed by atoms with Crippen molar-refractivity contribution in [1.82, 2.24) is 0 Å². The highest BCUT2D eigenvalue weighted by Crippen LogP contribution is 2.32. The molecule has 2 aromatic rings. The van der Waals surface area contributed by atoms with E-state index in [1.165, 1.54) is 30.8 Å². The molecule has 2 rings (SSSR count). The van der Waals surface area contributed by atoms with Crippen molar-refractivity contribution in [2.75, 3.05) is 18.6 Å². The number of hydrogen-bond acceptors (Lipinski definition) is 3. The second-order valence-corrected chi connectivity index (χ2v) is 7.01. The molecule has 1 atom stereocenters. The molecule has 0 aliphatic rings. The molecule has 0 radical (unpaired) electrons. The van der Waals surface area contributed by atoms with Gasteiger partial charge in [0, 0.05) is 24.3 Å². The lowest BCUT2D eigenvalue weighted by Gasteiger charge is -2.16. The van der Waals surface area contributed by atoms with Gasteiger partial charge in [-0.25, -0.2) is 4.39 Å². The van der Waals surface area contributed by atoms with Gasteiger partial charge in [-0.1, -0.05) is 31.2 Å². The molecule has 0 bridgehead atoms. The van der Waals surface area contributed by atoms with Gasteiger partial charge in [0.05, 0.1) is 5.69 Å². The monoisotopic (exact) mass is 412 g/mol. The Labute approximate surface area is 165 Å². The van der Waals surface area contributed by atoms with E-state index in [0.29, 0.717) is 5.56 Å². The third kappa shape index (κ3) is 5.34. The van der Waals surface area contributed by atoms with Crippen LogP contribution in [0.4, 0.5) is 23.2 Å². The van der Waals surface area contributed by atoms with Crippen molar-refractivity contribution >= 4 is 29.1 Å². The van der Waals surface area contributed by atoms with E-state index >= 15 is 0 Å². The second-order valence-electron chi connectivity index (χ2n) is 6.16. The fraction of sp³-hybridized carbons (Fsp3) is 0.300. The normalized spacial score (nSPS) is 13.3. The SMILES string of the molecule is CN=C(CC(C)C(=O)Nc1ccc(-c2ccccc2SC)cc1F)C(F)(F)F. The summed E-state index contributed by atoms with van der Waals surface area (Å²) in [6.45, 7) is 1.34. The van der Waals surface area contributed by atoms with Crippen LogP contribution < -0.4 is 5.32 Å². The lowest BCUT2D eigenvalue weighted by Crippen LogP contribution is -2.30. The number of aliphatic imine (C=N–C) groups is 1. The quantitative estimate of drug-likeness (QED) is 0.369. The summed E-state index contributed by atoms with van der Waals surface area (Å²) in [6, 6.07) is 11.9. The number of hydrogen-bond donors (Lipinski definition) is 1. The summed E-state index contributed by atoms with van der Waals surface area (Å²) in [5.74, 6) is -2.38. The van der Waals surface area contributed by atoms with Crippen LogP contribution >= 0.6 is 11.8 Å². The van der Waals surface area contributed by atoms with E-state index < -0.39 is 36.0 Å². The molecule has 8 heteroatoms. The number of rotatable bonds is 6. The Morgan fingerprint density at radius 2 is 1.89 bits per heavy atom. The average Bonchev–Trinajstić information content (AvgIpc) is 2.66.